The normalized spacial score (nSPS) is 14.8. The third kappa shape index (κ3) is 5.29. The zero-order valence-corrected chi connectivity index (χ0v) is 20.6. The van der Waals surface area contributed by atoms with Gasteiger partial charge in [-0.25, -0.2) is 9.97 Å². The van der Waals surface area contributed by atoms with Crippen molar-refractivity contribution in [1.82, 2.24) is 19.9 Å². The van der Waals surface area contributed by atoms with Crippen molar-refractivity contribution in [2.24, 2.45) is 0 Å². The lowest BCUT2D eigenvalue weighted by molar-refractivity contribution is -0.137. The van der Waals surface area contributed by atoms with Crippen molar-refractivity contribution in [1.29, 1.82) is 0 Å². The largest absolute Gasteiger partial charge is 0.416 e. The Balaban J connectivity index is 1.38. The van der Waals surface area contributed by atoms with Gasteiger partial charge in [0.15, 0.2) is 0 Å². The highest BCUT2D eigenvalue weighted by atomic mass is 19.4. The summed E-state index contributed by atoms with van der Waals surface area (Å²) in [7, 11) is 2.11. The number of nitrogens with one attached hydrogen (secondary N) is 2. The molecule has 2 aromatic heterocycles. The first-order valence-electron chi connectivity index (χ1n) is 12.1. The summed E-state index contributed by atoms with van der Waals surface area (Å²) >= 11 is 0. The number of carbonyl (C=O) groups excluding carboxylic acids is 1. The van der Waals surface area contributed by atoms with Crippen LogP contribution in [0.25, 0.3) is 22.4 Å². The number of aromatic nitrogens is 3. The minimum Gasteiger partial charge on any atom is -0.354 e. The molecule has 10 heteroatoms. The summed E-state index contributed by atoms with van der Waals surface area (Å²) in [5.74, 6) is 0.969. The van der Waals surface area contributed by atoms with Crippen LogP contribution in [0.15, 0.2) is 54.7 Å². The molecule has 1 fully saturated rings. The van der Waals surface area contributed by atoms with E-state index in [0.29, 0.717) is 23.4 Å². The maximum Gasteiger partial charge on any atom is 0.416 e. The number of amides is 1. The molecule has 2 aromatic carbocycles. The number of benzene rings is 2. The number of fused-ring (bicyclic) bond motifs is 1. The second-order valence-electron chi connectivity index (χ2n) is 9.19. The van der Waals surface area contributed by atoms with Gasteiger partial charge in [-0.1, -0.05) is 13.0 Å². The van der Waals surface area contributed by atoms with Gasteiger partial charge >= 0.3 is 6.18 Å². The molecule has 5 rings (SSSR count). The maximum atomic E-state index is 13.1. The van der Waals surface area contributed by atoms with E-state index in [2.05, 4.69) is 37.1 Å². The van der Waals surface area contributed by atoms with Crippen LogP contribution in [0.1, 0.15) is 28.4 Å². The Kier molecular flexibility index (Phi) is 6.59. The average Bonchev–Trinajstić information content (AvgIpc) is 3.31. The van der Waals surface area contributed by atoms with Gasteiger partial charge < -0.3 is 20.1 Å². The molecule has 0 bridgehead atoms. The Morgan fingerprint density at radius 1 is 1.08 bits per heavy atom. The van der Waals surface area contributed by atoms with Crippen LogP contribution in [-0.4, -0.2) is 59.0 Å². The quantitative estimate of drug-likeness (QED) is 0.387. The number of rotatable bonds is 5. The number of likely N-dealkylation sites (N-methyl/N-ethyl adjacent to an activating group) is 1. The molecule has 0 spiro atoms. The van der Waals surface area contributed by atoms with Crippen molar-refractivity contribution >= 4 is 28.4 Å². The van der Waals surface area contributed by atoms with E-state index in [4.69, 9.17) is 0 Å². The SMILES string of the molecule is CCc1cc2[nH]c(-c3ccc(N4CCN(C)CC4)nc3)nc2cc1NC(=O)c1cccc(C(F)(F)F)c1. The van der Waals surface area contributed by atoms with Gasteiger partial charge in [-0.3, -0.25) is 4.79 Å². The lowest BCUT2D eigenvalue weighted by Gasteiger charge is -2.33. The highest BCUT2D eigenvalue weighted by molar-refractivity contribution is 6.05. The van der Waals surface area contributed by atoms with E-state index >= 15 is 0 Å². The first-order valence-corrected chi connectivity index (χ1v) is 12.1. The molecule has 0 saturated carbocycles. The molecule has 0 unspecified atom stereocenters. The third-order valence-electron chi connectivity index (χ3n) is 6.64. The van der Waals surface area contributed by atoms with Gasteiger partial charge in [0.2, 0.25) is 0 Å². The van der Waals surface area contributed by atoms with Gasteiger partial charge in [-0.05, 0) is 61.5 Å². The van der Waals surface area contributed by atoms with Crippen LogP contribution in [0.2, 0.25) is 0 Å². The summed E-state index contributed by atoms with van der Waals surface area (Å²) in [6.07, 6.45) is -2.11. The van der Waals surface area contributed by atoms with Gasteiger partial charge in [0.05, 0.1) is 16.6 Å². The Morgan fingerprint density at radius 2 is 1.86 bits per heavy atom. The number of nitrogens with zero attached hydrogens (tertiary/aromatic N) is 4. The molecule has 3 heterocycles. The average molecular weight is 509 g/mol. The minimum atomic E-state index is -4.52. The molecular weight excluding hydrogens is 481 g/mol. The molecule has 1 saturated heterocycles. The van der Waals surface area contributed by atoms with Gasteiger partial charge in [-0.15, -0.1) is 0 Å². The van der Waals surface area contributed by atoms with Crippen LogP contribution in [-0.2, 0) is 12.6 Å². The predicted octanol–water partition coefficient (Wildman–Crippen LogP) is 5.21. The number of piperazine rings is 1. The number of aryl methyl sites for hydroxylation is 1. The first-order chi connectivity index (χ1) is 17.7. The molecule has 192 valence electrons. The molecule has 1 aliphatic rings. The molecule has 7 nitrogen and oxygen atoms in total. The second-order valence-corrected chi connectivity index (χ2v) is 9.19. The fraction of sp³-hybridized carbons (Fsp3) is 0.296. The van der Waals surface area contributed by atoms with Crippen LogP contribution in [0.4, 0.5) is 24.7 Å². The molecule has 1 aliphatic heterocycles. The van der Waals surface area contributed by atoms with Gasteiger partial charge in [0.25, 0.3) is 5.91 Å². The van der Waals surface area contributed by atoms with Crippen molar-refractivity contribution in [3.63, 3.8) is 0 Å². The lowest BCUT2D eigenvalue weighted by atomic mass is 10.1. The lowest BCUT2D eigenvalue weighted by Crippen LogP contribution is -2.44. The number of H-pyrrole nitrogens is 1. The number of anilines is 2. The Morgan fingerprint density at radius 3 is 2.54 bits per heavy atom. The predicted molar refractivity (Wildman–Crippen MR) is 138 cm³/mol. The Bertz CT molecular complexity index is 1420. The molecule has 0 aliphatic carbocycles. The van der Waals surface area contributed by atoms with E-state index in [1.807, 2.05) is 25.1 Å². The topological polar surface area (TPSA) is 77.2 Å². The number of carbonyl (C=O) groups is 1. The van der Waals surface area contributed by atoms with Gasteiger partial charge in [0, 0.05) is 49.2 Å². The summed E-state index contributed by atoms with van der Waals surface area (Å²) in [5, 5.41) is 2.76. The maximum absolute atomic E-state index is 13.1. The summed E-state index contributed by atoms with van der Waals surface area (Å²) in [4.78, 5) is 30.0. The van der Waals surface area contributed by atoms with E-state index in [0.717, 1.165) is 60.8 Å². The summed E-state index contributed by atoms with van der Waals surface area (Å²) in [5.41, 5.74) is 2.69. The first kappa shape index (κ1) is 24.8. The Hall–Kier alpha value is -3.92. The molecule has 4 aromatic rings. The van der Waals surface area contributed by atoms with Crippen molar-refractivity contribution in [3.8, 4) is 11.4 Å². The van der Waals surface area contributed by atoms with Crippen molar-refractivity contribution < 1.29 is 18.0 Å². The van der Waals surface area contributed by atoms with Gasteiger partial charge in [0.1, 0.15) is 11.6 Å². The molecule has 1 amide bonds. The van der Waals surface area contributed by atoms with E-state index in [9.17, 15) is 18.0 Å². The van der Waals surface area contributed by atoms with Crippen molar-refractivity contribution in [3.05, 3.63) is 71.4 Å². The summed E-state index contributed by atoms with van der Waals surface area (Å²) < 4.78 is 39.2. The number of aromatic amines is 1. The van der Waals surface area contributed by atoms with E-state index < -0.39 is 17.6 Å². The van der Waals surface area contributed by atoms with E-state index in [-0.39, 0.29) is 5.56 Å². The van der Waals surface area contributed by atoms with E-state index in [1.165, 1.54) is 12.1 Å². The summed E-state index contributed by atoms with van der Waals surface area (Å²) in [6, 6.07) is 12.0. The van der Waals surface area contributed by atoms with Crippen LogP contribution < -0.4 is 10.2 Å². The smallest absolute Gasteiger partial charge is 0.354 e. The third-order valence-corrected chi connectivity index (χ3v) is 6.64. The molecule has 2 N–H and O–H groups in total. The fourth-order valence-electron chi connectivity index (χ4n) is 4.43. The fourth-order valence-corrected chi connectivity index (χ4v) is 4.43. The number of alkyl halides is 3. The minimum absolute atomic E-state index is 0.0637. The van der Waals surface area contributed by atoms with Crippen LogP contribution >= 0.6 is 0 Å². The molecule has 0 atom stereocenters. The Labute approximate surface area is 212 Å². The number of imidazole rings is 1. The zero-order valence-electron chi connectivity index (χ0n) is 20.6. The van der Waals surface area contributed by atoms with Crippen LogP contribution in [0, 0.1) is 0 Å². The van der Waals surface area contributed by atoms with E-state index in [1.54, 1.807) is 12.3 Å². The monoisotopic (exact) mass is 508 g/mol. The summed E-state index contributed by atoms with van der Waals surface area (Å²) in [6.45, 7) is 5.81. The number of pyridine rings is 1. The van der Waals surface area contributed by atoms with Crippen LogP contribution in [0.5, 0.6) is 0 Å². The number of halogens is 3. The van der Waals surface area contributed by atoms with Gasteiger partial charge in [-0.2, -0.15) is 13.2 Å². The molecule has 37 heavy (non-hydrogen) atoms. The molecular formula is C27H27F3N6O. The number of hydrogen-bond acceptors (Lipinski definition) is 5. The highest BCUT2D eigenvalue weighted by Gasteiger charge is 2.31. The second kappa shape index (κ2) is 9.85. The van der Waals surface area contributed by atoms with Crippen molar-refractivity contribution in [2.45, 2.75) is 19.5 Å². The zero-order chi connectivity index (χ0) is 26.2. The highest BCUT2D eigenvalue weighted by Crippen LogP contribution is 2.31. The number of hydrogen-bond donors (Lipinski definition) is 2. The standard InChI is InChI=1S/C27H27F3N6O/c1-3-17-14-22-23(15-21(17)34-26(37)18-5-4-6-20(13-18)27(28,29)30)33-25(32-22)19-7-8-24(31-16-19)36-11-9-35(2)10-12-36/h4-8,13-16H,3,9-12H2,1-2H3,(H,32,33)(H,34,37). The molecule has 0 radical (unpaired) electrons. The van der Waals surface area contributed by atoms with Crippen LogP contribution in [0.3, 0.4) is 0 Å². The van der Waals surface area contributed by atoms with Crippen molar-refractivity contribution in [2.75, 3.05) is 43.4 Å².